The second kappa shape index (κ2) is 7.51. The van der Waals surface area contributed by atoms with Crippen LogP contribution < -0.4 is 0 Å². The van der Waals surface area contributed by atoms with E-state index < -0.39 is 17.7 Å². The van der Waals surface area contributed by atoms with Crippen LogP contribution in [0.15, 0.2) is 11.5 Å². The van der Waals surface area contributed by atoms with E-state index in [1.807, 2.05) is 20.8 Å². The average molecular weight is 314 g/mol. The summed E-state index contributed by atoms with van der Waals surface area (Å²) in [4.78, 5) is 23.7. The molecule has 22 heavy (non-hydrogen) atoms. The van der Waals surface area contributed by atoms with Gasteiger partial charge < -0.3 is 18.9 Å². The van der Waals surface area contributed by atoms with E-state index in [9.17, 15) is 9.59 Å². The van der Waals surface area contributed by atoms with E-state index in [1.165, 1.54) is 6.92 Å². The highest BCUT2D eigenvalue weighted by Gasteiger charge is 2.54. The van der Waals surface area contributed by atoms with Gasteiger partial charge in [0, 0.05) is 13.3 Å². The van der Waals surface area contributed by atoms with Crippen molar-refractivity contribution in [2.45, 2.75) is 78.8 Å². The molecule has 1 heterocycles. The van der Waals surface area contributed by atoms with Gasteiger partial charge in [0.1, 0.15) is 0 Å². The van der Waals surface area contributed by atoms with E-state index in [2.05, 4.69) is 0 Å². The van der Waals surface area contributed by atoms with Gasteiger partial charge in [0.05, 0.1) is 12.2 Å². The SMILES string of the molecule is CCCCC1(OC(C)=O)OC(=O)C(OC(C)C)=C1OC(C)C. The van der Waals surface area contributed by atoms with Gasteiger partial charge in [-0.05, 0) is 34.1 Å². The first-order valence-electron chi connectivity index (χ1n) is 7.72. The first kappa shape index (κ1) is 18.3. The zero-order valence-corrected chi connectivity index (χ0v) is 14.2. The molecule has 6 heteroatoms. The molecule has 0 aromatic heterocycles. The molecule has 0 aromatic carbocycles. The molecular weight excluding hydrogens is 288 g/mol. The Morgan fingerprint density at radius 2 is 1.77 bits per heavy atom. The molecule has 1 rings (SSSR count). The van der Waals surface area contributed by atoms with Crippen LogP contribution in [-0.2, 0) is 28.5 Å². The van der Waals surface area contributed by atoms with Crippen LogP contribution in [0.25, 0.3) is 0 Å². The van der Waals surface area contributed by atoms with E-state index in [0.717, 1.165) is 6.42 Å². The third-order valence-corrected chi connectivity index (χ3v) is 2.87. The van der Waals surface area contributed by atoms with Crippen LogP contribution in [0, 0.1) is 0 Å². The van der Waals surface area contributed by atoms with Crippen molar-refractivity contribution in [3.8, 4) is 0 Å². The van der Waals surface area contributed by atoms with Crippen molar-refractivity contribution >= 4 is 11.9 Å². The molecule has 0 amide bonds. The lowest BCUT2D eigenvalue weighted by Crippen LogP contribution is -2.39. The summed E-state index contributed by atoms with van der Waals surface area (Å²) in [6.07, 6.45) is 1.46. The number of ether oxygens (including phenoxy) is 4. The van der Waals surface area contributed by atoms with Gasteiger partial charge in [-0.15, -0.1) is 0 Å². The Labute approximate surface area is 131 Å². The van der Waals surface area contributed by atoms with Crippen molar-refractivity contribution in [1.29, 1.82) is 0 Å². The third-order valence-electron chi connectivity index (χ3n) is 2.87. The van der Waals surface area contributed by atoms with E-state index in [4.69, 9.17) is 18.9 Å². The van der Waals surface area contributed by atoms with E-state index in [0.29, 0.717) is 12.8 Å². The molecule has 0 saturated carbocycles. The molecule has 1 aliphatic heterocycles. The van der Waals surface area contributed by atoms with Crippen LogP contribution in [0.4, 0.5) is 0 Å². The molecule has 0 N–H and O–H groups in total. The molecule has 0 aromatic rings. The first-order valence-corrected chi connectivity index (χ1v) is 7.72. The lowest BCUT2D eigenvalue weighted by Gasteiger charge is -2.29. The maximum Gasteiger partial charge on any atom is 0.381 e. The van der Waals surface area contributed by atoms with Crippen LogP contribution in [0.1, 0.15) is 60.8 Å². The minimum atomic E-state index is -1.52. The second-order valence-electron chi connectivity index (χ2n) is 5.83. The van der Waals surface area contributed by atoms with Crippen molar-refractivity contribution in [2.75, 3.05) is 0 Å². The van der Waals surface area contributed by atoms with E-state index in [1.54, 1.807) is 13.8 Å². The molecule has 0 saturated heterocycles. The van der Waals surface area contributed by atoms with Gasteiger partial charge >= 0.3 is 17.7 Å². The summed E-state index contributed by atoms with van der Waals surface area (Å²) >= 11 is 0. The van der Waals surface area contributed by atoms with Crippen molar-refractivity contribution in [1.82, 2.24) is 0 Å². The van der Waals surface area contributed by atoms with Gasteiger partial charge in [0.25, 0.3) is 5.76 Å². The molecule has 0 bridgehead atoms. The summed E-state index contributed by atoms with van der Waals surface area (Å²) in [6.45, 7) is 10.5. The highest BCUT2D eigenvalue weighted by Crippen LogP contribution is 2.40. The molecule has 1 atom stereocenters. The molecule has 1 unspecified atom stereocenters. The number of esters is 2. The summed E-state index contributed by atoms with van der Waals surface area (Å²) in [5.41, 5.74) is 0. The third kappa shape index (κ3) is 4.39. The average Bonchev–Trinajstić information content (AvgIpc) is 2.60. The Morgan fingerprint density at radius 1 is 1.18 bits per heavy atom. The van der Waals surface area contributed by atoms with E-state index >= 15 is 0 Å². The largest absolute Gasteiger partial charge is 0.484 e. The number of hydrogen-bond acceptors (Lipinski definition) is 6. The highest BCUT2D eigenvalue weighted by molar-refractivity contribution is 5.90. The number of carbonyl (C=O) groups is 2. The van der Waals surface area contributed by atoms with E-state index in [-0.39, 0.29) is 23.7 Å². The monoisotopic (exact) mass is 314 g/mol. The Balaban J connectivity index is 3.28. The fourth-order valence-electron chi connectivity index (χ4n) is 2.15. The summed E-state index contributed by atoms with van der Waals surface area (Å²) in [5, 5.41) is 0. The Bertz CT molecular complexity index is 452. The Morgan fingerprint density at radius 3 is 2.23 bits per heavy atom. The van der Waals surface area contributed by atoms with Crippen LogP contribution in [0.3, 0.4) is 0 Å². The number of carbonyl (C=O) groups excluding carboxylic acids is 2. The molecule has 126 valence electrons. The van der Waals surface area contributed by atoms with Gasteiger partial charge in [0.15, 0.2) is 0 Å². The van der Waals surface area contributed by atoms with Gasteiger partial charge in [-0.3, -0.25) is 4.79 Å². The molecule has 0 fully saturated rings. The van der Waals surface area contributed by atoms with Crippen molar-refractivity contribution in [3.63, 3.8) is 0 Å². The Hall–Kier alpha value is -1.72. The minimum absolute atomic E-state index is 0.0129. The topological polar surface area (TPSA) is 71.1 Å². The highest BCUT2D eigenvalue weighted by atomic mass is 16.8. The number of cyclic esters (lactones) is 1. The van der Waals surface area contributed by atoms with Crippen molar-refractivity contribution in [3.05, 3.63) is 11.5 Å². The molecule has 0 radical (unpaired) electrons. The maximum atomic E-state index is 12.2. The molecular formula is C16H26O6. The fraction of sp³-hybridized carbons (Fsp3) is 0.750. The van der Waals surface area contributed by atoms with Gasteiger partial charge in [-0.2, -0.15) is 0 Å². The quantitative estimate of drug-likeness (QED) is 0.641. The maximum absolute atomic E-state index is 12.2. The lowest BCUT2D eigenvalue weighted by atomic mass is 10.1. The number of unbranched alkanes of at least 4 members (excludes halogenated alkanes) is 1. The number of rotatable bonds is 8. The lowest BCUT2D eigenvalue weighted by molar-refractivity contribution is -0.218. The zero-order chi connectivity index (χ0) is 16.9. The molecule has 0 aliphatic carbocycles. The van der Waals surface area contributed by atoms with Crippen molar-refractivity contribution < 1.29 is 28.5 Å². The number of hydrogen-bond donors (Lipinski definition) is 0. The predicted molar refractivity (Wildman–Crippen MR) is 79.6 cm³/mol. The Kier molecular flexibility index (Phi) is 6.26. The van der Waals surface area contributed by atoms with Crippen molar-refractivity contribution in [2.24, 2.45) is 0 Å². The van der Waals surface area contributed by atoms with Gasteiger partial charge in [0.2, 0.25) is 5.76 Å². The smallest absolute Gasteiger partial charge is 0.381 e. The van der Waals surface area contributed by atoms with Crippen LogP contribution in [-0.4, -0.2) is 29.9 Å². The molecule has 0 spiro atoms. The van der Waals surface area contributed by atoms with Gasteiger partial charge in [-0.1, -0.05) is 13.3 Å². The summed E-state index contributed by atoms with van der Waals surface area (Å²) < 4.78 is 22.0. The van der Waals surface area contributed by atoms with Crippen LogP contribution in [0.5, 0.6) is 0 Å². The minimum Gasteiger partial charge on any atom is -0.484 e. The van der Waals surface area contributed by atoms with Crippen LogP contribution >= 0.6 is 0 Å². The predicted octanol–water partition coefficient (Wildman–Crippen LogP) is 3.05. The standard InChI is InChI=1S/C16H26O6/c1-7-8-9-16(21-12(6)17)14(20-11(4)5)13(15(18)22-16)19-10(2)3/h10-11H,7-9H2,1-6H3. The normalized spacial score (nSPS) is 21.4. The first-order chi connectivity index (χ1) is 10.2. The van der Waals surface area contributed by atoms with Gasteiger partial charge in [-0.25, -0.2) is 4.79 Å². The molecule has 6 nitrogen and oxygen atoms in total. The summed E-state index contributed by atoms with van der Waals surface area (Å²) in [5.74, 6) is -2.58. The van der Waals surface area contributed by atoms with Crippen LogP contribution in [0.2, 0.25) is 0 Å². The second-order valence-corrected chi connectivity index (χ2v) is 5.83. The fourth-order valence-corrected chi connectivity index (χ4v) is 2.15. The summed E-state index contributed by atoms with van der Waals surface area (Å²) in [6, 6.07) is 0. The summed E-state index contributed by atoms with van der Waals surface area (Å²) in [7, 11) is 0. The zero-order valence-electron chi connectivity index (χ0n) is 14.2. The molecule has 1 aliphatic rings.